The molecule has 0 radical (unpaired) electrons. The van der Waals surface area contributed by atoms with Crippen LogP contribution in [0.15, 0.2) is 34.2 Å². The molecule has 23 heavy (non-hydrogen) atoms. The number of fused-ring (bicyclic) bond motifs is 1. The van der Waals surface area contributed by atoms with Crippen LogP contribution in [0.25, 0.3) is 0 Å². The Balaban J connectivity index is 1.68. The van der Waals surface area contributed by atoms with Crippen molar-refractivity contribution in [1.29, 1.82) is 0 Å². The van der Waals surface area contributed by atoms with Gasteiger partial charge in [0.2, 0.25) is 5.91 Å². The van der Waals surface area contributed by atoms with Gasteiger partial charge in [-0.3, -0.25) is 14.5 Å². The number of rotatable bonds is 4. The lowest BCUT2D eigenvalue weighted by atomic mass is 10.0. The van der Waals surface area contributed by atoms with E-state index in [0.29, 0.717) is 18.0 Å². The van der Waals surface area contributed by atoms with Crippen LogP contribution in [0.5, 0.6) is 0 Å². The summed E-state index contributed by atoms with van der Waals surface area (Å²) in [5.41, 5.74) is 6.20. The molecule has 8 heteroatoms. The van der Waals surface area contributed by atoms with Crippen molar-refractivity contribution in [1.82, 2.24) is 10.0 Å². The first-order valence-corrected chi connectivity index (χ1v) is 9.15. The first-order chi connectivity index (χ1) is 11.0. The van der Waals surface area contributed by atoms with Gasteiger partial charge in [-0.15, -0.1) is 0 Å². The number of amidine groups is 1. The SMILES string of the molecule is NCC1CCCC1NC(=O)CN=C1NS(=O)(=O)c2ccccc21. The summed E-state index contributed by atoms with van der Waals surface area (Å²) in [6, 6.07) is 6.68. The summed E-state index contributed by atoms with van der Waals surface area (Å²) < 4.78 is 26.3. The van der Waals surface area contributed by atoms with Crippen LogP contribution in [0.1, 0.15) is 24.8 Å². The van der Waals surface area contributed by atoms with E-state index in [2.05, 4.69) is 15.0 Å². The van der Waals surface area contributed by atoms with E-state index in [-0.39, 0.29) is 29.2 Å². The summed E-state index contributed by atoms with van der Waals surface area (Å²) >= 11 is 0. The van der Waals surface area contributed by atoms with Crippen molar-refractivity contribution in [2.24, 2.45) is 16.6 Å². The van der Waals surface area contributed by atoms with Crippen LogP contribution in [0.3, 0.4) is 0 Å². The van der Waals surface area contributed by atoms with Crippen molar-refractivity contribution in [3.63, 3.8) is 0 Å². The highest BCUT2D eigenvalue weighted by Crippen LogP contribution is 2.24. The maximum atomic E-state index is 12.1. The quantitative estimate of drug-likeness (QED) is 0.716. The summed E-state index contributed by atoms with van der Waals surface area (Å²) in [7, 11) is -3.57. The first-order valence-electron chi connectivity index (χ1n) is 7.67. The molecule has 4 N–H and O–H groups in total. The Morgan fingerprint density at radius 2 is 2.13 bits per heavy atom. The van der Waals surface area contributed by atoms with E-state index in [1.165, 1.54) is 6.07 Å². The molecule has 0 spiro atoms. The Labute approximate surface area is 135 Å². The largest absolute Gasteiger partial charge is 0.351 e. The number of nitrogens with two attached hydrogens (primary N) is 1. The molecule has 0 saturated heterocycles. The van der Waals surface area contributed by atoms with Crippen LogP contribution < -0.4 is 15.8 Å². The van der Waals surface area contributed by atoms with Gasteiger partial charge in [0.25, 0.3) is 10.0 Å². The fourth-order valence-corrected chi connectivity index (χ4v) is 4.41. The lowest BCUT2D eigenvalue weighted by molar-refractivity contribution is -0.120. The van der Waals surface area contributed by atoms with Crippen molar-refractivity contribution < 1.29 is 13.2 Å². The zero-order chi connectivity index (χ0) is 16.4. The van der Waals surface area contributed by atoms with Crippen molar-refractivity contribution in [2.75, 3.05) is 13.1 Å². The molecule has 3 rings (SSSR count). The first kappa shape index (κ1) is 15.9. The number of hydrogen-bond donors (Lipinski definition) is 3. The Kier molecular flexibility index (Phi) is 4.36. The minimum atomic E-state index is -3.57. The van der Waals surface area contributed by atoms with E-state index in [1.807, 2.05) is 0 Å². The zero-order valence-corrected chi connectivity index (χ0v) is 13.5. The molecular weight excluding hydrogens is 316 g/mol. The number of hydrogen-bond acceptors (Lipinski definition) is 5. The summed E-state index contributed by atoms with van der Waals surface area (Å²) in [5.74, 6) is 0.321. The maximum absolute atomic E-state index is 12.1. The number of amides is 1. The molecule has 124 valence electrons. The molecule has 1 saturated carbocycles. The number of nitrogens with one attached hydrogen (secondary N) is 2. The van der Waals surface area contributed by atoms with E-state index in [0.717, 1.165) is 19.3 Å². The molecular formula is C15H20N4O3S. The Hall–Kier alpha value is -1.93. The summed E-state index contributed by atoms with van der Waals surface area (Å²) in [6.07, 6.45) is 3.03. The van der Waals surface area contributed by atoms with Crippen LogP contribution in [0.2, 0.25) is 0 Å². The third-order valence-corrected chi connectivity index (χ3v) is 5.75. The van der Waals surface area contributed by atoms with E-state index in [9.17, 15) is 13.2 Å². The molecule has 1 aromatic rings. The molecule has 0 bridgehead atoms. The van der Waals surface area contributed by atoms with E-state index < -0.39 is 10.0 Å². The minimum absolute atomic E-state index is 0.0975. The van der Waals surface area contributed by atoms with Gasteiger partial charge < -0.3 is 11.1 Å². The molecule has 1 amide bonds. The van der Waals surface area contributed by atoms with Crippen LogP contribution in [0.4, 0.5) is 0 Å². The second-order valence-electron chi connectivity index (χ2n) is 5.87. The molecule has 0 aromatic heterocycles. The Bertz CT molecular complexity index is 745. The van der Waals surface area contributed by atoms with Gasteiger partial charge in [0.05, 0.1) is 4.90 Å². The summed E-state index contributed by atoms with van der Waals surface area (Å²) in [4.78, 5) is 16.4. The normalized spacial score (nSPS) is 26.7. The smallest absolute Gasteiger partial charge is 0.263 e. The van der Waals surface area contributed by atoms with Gasteiger partial charge in [0, 0.05) is 11.6 Å². The van der Waals surface area contributed by atoms with Gasteiger partial charge in [0.15, 0.2) is 0 Å². The minimum Gasteiger partial charge on any atom is -0.351 e. The molecule has 1 aliphatic heterocycles. The molecule has 2 unspecified atom stereocenters. The third kappa shape index (κ3) is 3.23. The van der Waals surface area contributed by atoms with E-state index in [1.54, 1.807) is 18.2 Å². The number of sulfonamides is 1. The summed E-state index contributed by atoms with van der Waals surface area (Å²) in [5, 5.41) is 2.95. The van der Waals surface area contributed by atoms with Gasteiger partial charge in [-0.2, -0.15) is 0 Å². The van der Waals surface area contributed by atoms with Crippen LogP contribution >= 0.6 is 0 Å². The van der Waals surface area contributed by atoms with Crippen LogP contribution in [-0.2, 0) is 14.8 Å². The molecule has 1 heterocycles. The maximum Gasteiger partial charge on any atom is 0.263 e. The average molecular weight is 336 g/mol. The van der Waals surface area contributed by atoms with E-state index >= 15 is 0 Å². The number of aliphatic imine (C=N–C) groups is 1. The van der Waals surface area contributed by atoms with Crippen molar-refractivity contribution in [3.8, 4) is 0 Å². The fraction of sp³-hybridized carbons (Fsp3) is 0.467. The number of benzene rings is 1. The van der Waals surface area contributed by atoms with Crippen LogP contribution in [0, 0.1) is 5.92 Å². The average Bonchev–Trinajstić information content (AvgIpc) is 3.08. The summed E-state index contributed by atoms with van der Waals surface area (Å²) in [6.45, 7) is 0.451. The topological polar surface area (TPSA) is 114 Å². The molecule has 2 atom stereocenters. The van der Waals surface area contributed by atoms with Gasteiger partial charge in [-0.1, -0.05) is 18.6 Å². The van der Waals surface area contributed by atoms with Gasteiger partial charge >= 0.3 is 0 Å². The fourth-order valence-electron chi connectivity index (χ4n) is 3.16. The predicted octanol–water partition coefficient (Wildman–Crippen LogP) is -0.0313. The zero-order valence-electron chi connectivity index (χ0n) is 12.7. The Morgan fingerprint density at radius 1 is 1.35 bits per heavy atom. The van der Waals surface area contributed by atoms with Gasteiger partial charge in [-0.25, -0.2) is 8.42 Å². The third-order valence-electron chi connectivity index (χ3n) is 4.35. The monoisotopic (exact) mass is 336 g/mol. The number of nitrogens with zero attached hydrogens (tertiary/aromatic N) is 1. The van der Waals surface area contributed by atoms with Crippen molar-refractivity contribution in [2.45, 2.75) is 30.2 Å². The van der Waals surface area contributed by atoms with Crippen molar-refractivity contribution >= 4 is 21.8 Å². The highest BCUT2D eigenvalue weighted by molar-refractivity contribution is 7.90. The highest BCUT2D eigenvalue weighted by atomic mass is 32.2. The standard InChI is InChI=1S/C15H20N4O3S/c16-8-10-4-3-6-12(10)18-14(20)9-17-15-11-5-1-2-7-13(11)23(21,22)19-15/h1-2,5,7,10,12H,3-4,6,8-9,16H2,(H,17,19)(H,18,20). The molecule has 1 aromatic carbocycles. The predicted molar refractivity (Wildman–Crippen MR) is 86.5 cm³/mol. The lowest BCUT2D eigenvalue weighted by Crippen LogP contribution is -2.41. The van der Waals surface area contributed by atoms with Gasteiger partial charge in [0.1, 0.15) is 12.4 Å². The van der Waals surface area contributed by atoms with Gasteiger partial charge in [-0.05, 0) is 37.4 Å². The molecule has 2 aliphatic rings. The Morgan fingerprint density at radius 3 is 2.91 bits per heavy atom. The second-order valence-corrected chi connectivity index (χ2v) is 7.52. The second kappa shape index (κ2) is 6.29. The van der Waals surface area contributed by atoms with Crippen LogP contribution in [-0.4, -0.2) is 39.3 Å². The molecule has 1 fully saturated rings. The van der Waals surface area contributed by atoms with E-state index in [4.69, 9.17) is 5.73 Å². The van der Waals surface area contributed by atoms with Crippen molar-refractivity contribution in [3.05, 3.63) is 29.8 Å². The molecule has 1 aliphatic carbocycles. The number of carbonyl (C=O) groups excluding carboxylic acids is 1. The lowest BCUT2D eigenvalue weighted by Gasteiger charge is -2.18. The number of carbonyl (C=O) groups is 1. The molecule has 7 nitrogen and oxygen atoms in total. The highest BCUT2D eigenvalue weighted by Gasteiger charge is 2.31.